The van der Waals surface area contributed by atoms with Crippen LogP contribution in [0, 0.1) is 0 Å². The van der Waals surface area contributed by atoms with Crippen LogP contribution in [-0.4, -0.2) is 52.2 Å². The summed E-state index contributed by atoms with van der Waals surface area (Å²) in [5.41, 5.74) is 1.63. The number of hydrogen-bond acceptors (Lipinski definition) is 7. The normalized spacial score (nSPS) is 19.6. The van der Waals surface area contributed by atoms with Crippen molar-refractivity contribution >= 4 is 39.5 Å². The first-order valence-electron chi connectivity index (χ1n) is 10.9. The topological polar surface area (TPSA) is 108 Å². The van der Waals surface area contributed by atoms with Crippen molar-refractivity contribution in [1.29, 1.82) is 0 Å². The van der Waals surface area contributed by atoms with E-state index in [0.29, 0.717) is 24.9 Å². The number of ketones is 1. The number of carbonyl (C=O) groups is 3. The van der Waals surface area contributed by atoms with Gasteiger partial charge in [-0.2, -0.15) is 0 Å². The summed E-state index contributed by atoms with van der Waals surface area (Å²) < 4.78 is 6.21. The Hall–Kier alpha value is -3.46. The SMILES string of the molecule is CC(=O)[C@H](Cc1ccc(O)cc1)NC(=O)[C@@H]1CCCN1C=C1N=C(c2ccc(Br)cc2)OC1=O. The molecule has 1 saturated heterocycles. The number of amides is 1. The molecule has 1 fully saturated rings. The van der Waals surface area contributed by atoms with Crippen molar-refractivity contribution < 1.29 is 24.2 Å². The summed E-state index contributed by atoms with van der Waals surface area (Å²) in [6.45, 7) is 2.02. The van der Waals surface area contributed by atoms with E-state index in [1.54, 1.807) is 47.5 Å². The molecule has 0 unspecified atom stereocenters. The first-order chi connectivity index (χ1) is 16.3. The number of aromatic hydroxyl groups is 1. The fourth-order valence-electron chi connectivity index (χ4n) is 3.93. The number of Topliss-reactive ketones (excluding diaryl/α,β-unsaturated/α-hetero) is 1. The molecular weight excluding hydrogens is 502 g/mol. The predicted molar refractivity (Wildman–Crippen MR) is 129 cm³/mol. The van der Waals surface area contributed by atoms with E-state index in [9.17, 15) is 19.5 Å². The molecule has 2 atom stereocenters. The van der Waals surface area contributed by atoms with Gasteiger partial charge in [-0.1, -0.05) is 28.1 Å². The highest BCUT2D eigenvalue weighted by molar-refractivity contribution is 9.10. The van der Waals surface area contributed by atoms with Crippen molar-refractivity contribution in [2.75, 3.05) is 6.54 Å². The maximum absolute atomic E-state index is 13.1. The Morgan fingerprint density at radius 3 is 2.62 bits per heavy atom. The summed E-state index contributed by atoms with van der Waals surface area (Å²) >= 11 is 3.37. The Kier molecular flexibility index (Phi) is 7.12. The number of carbonyl (C=O) groups excluding carboxylic acids is 3. The van der Waals surface area contributed by atoms with Gasteiger partial charge in [0.25, 0.3) is 0 Å². The van der Waals surface area contributed by atoms with E-state index in [1.165, 1.54) is 6.92 Å². The second-order valence-corrected chi connectivity index (χ2v) is 9.18. The number of ether oxygens (including phenoxy) is 1. The highest BCUT2D eigenvalue weighted by Gasteiger charge is 2.33. The maximum atomic E-state index is 13.1. The second-order valence-electron chi connectivity index (χ2n) is 8.27. The third-order valence-corrected chi connectivity index (χ3v) is 6.31. The number of nitrogens with zero attached hydrogens (tertiary/aromatic N) is 2. The lowest BCUT2D eigenvalue weighted by molar-refractivity contribution is -0.130. The number of phenolic OH excluding ortho intramolecular Hbond substituents is 1. The van der Waals surface area contributed by atoms with Crippen molar-refractivity contribution in [3.05, 3.63) is 76.0 Å². The van der Waals surface area contributed by atoms with Crippen LogP contribution in [0.15, 0.2) is 69.9 Å². The van der Waals surface area contributed by atoms with Crippen molar-refractivity contribution in [2.24, 2.45) is 4.99 Å². The van der Waals surface area contributed by atoms with Crippen LogP contribution in [0.1, 0.15) is 30.9 Å². The Balaban J connectivity index is 1.46. The zero-order chi connectivity index (χ0) is 24.2. The Bertz CT molecular complexity index is 1160. The predicted octanol–water partition coefficient (Wildman–Crippen LogP) is 3.08. The van der Waals surface area contributed by atoms with Crippen LogP contribution in [-0.2, 0) is 25.5 Å². The number of esters is 1. The summed E-state index contributed by atoms with van der Waals surface area (Å²) in [4.78, 5) is 43.7. The Morgan fingerprint density at radius 2 is 1.94 bits per heavy atom. The molecule has 0 saturated carbocycles. The average Bonchev–Trinajstić information content (AvgIpc) is 3.42. The smallest absolute Gasteiger partial charge is 0.365 e. The lowest BCUT2D eigenvalue weighted by Gasteiger charge is -2.24. The van der Waals surface area contributed by atoms with E-state index in [-0.39, 0.29) is 29.0 Å². The summed E-state index contributed by atoms with van der Waals surface area (Å²) in [6.07, 6.45) is 3.25. The van der Waals surface area contributed by atoms with Crippen molar-refractivity contribution in [1.82, 2.24) is 10.2 Å². The maximum Gasteiger partial charge on any atom is 0.365 e. The Labute approximate surface area is 205 Å². The lowest BCUT2D eigenvalue weighted by Crippen LogP contribution is -2.48. The van der Waals surface area contributed by atoms with Crippen LogP contribution in [0.25, 0.3) is 0 Å². The van der Waals surface area contributed by atoms with Gasteiger partial charge < -0.3 is 20.1 Å². The van der Waals surface area contributed by atoms with E-state index >= 15 is 0 Å². The van der Waals surface area contributed by atoms with Crippen LogP contribution in [0.3, 0.4) is 0 Å². The van der Waals surface area contributed by atoms with Crippen LogP contribution in [0.4, 0.5) is 0 Å². The fraction of sp³-hybridized carbons (Fsp3) is 0.280. The van der Waals surface area contributed by atoms with Crippen molar-refractivity contribution in [3.8, 4) is 5.75 Å². The number of phenols is 1. The molecule has 34 heavy (non-hydrogen) atoms. The summed E-state index contributed by atoms with van der Waals surface area (Å²) in [7, 11) is 0. The van der Waals surface area contributed by atoms with Gasteiger partial charge in [0.1, 0.15) is 11.8 Å². The molecule has 9 heteroatoms. The van der Waals surface area contributed by atoms with E-state index in [2.05, 4.69) is 26.2 Å². The molecule has 2 aliphatic rings. The summed E-state index contributed by atoms with van der Waals surface area (Å²) in [5, 5.41) is 12.3. The van der Waals surface area contributed by atoms with Gasteiger partial charge in [-0.3, -0.25) is 9.59 Å². The number of benzene rings is 2. The van der Waals surface area contributed by atoms with Gasteiger partial charge in [-0.05, 0) is 68.1 Å². The molecule has 0 spiro atoms. The third kappa shape index (κ3) is 5.53. The number of rotatable bonds is 7. The molecule has 2 aliphatic heterocycles. The minimum Gasteiger partial charge on any atom is -0.508 e. The molecule has 2 N–H and O–H groups in total. The van der Waals surface area contributed by atoms with Crippen LogP contribution in [0.2, 0.25) is 0 Å². The number of likely N-dealkylation sites (tertiary alicyclic amines) is 1. The van der Waals surface area contributed by atoms with E-state index < -0.39 is 18.1 Å². The first-order valence-corrected chi connectivity index (χ1v) is 11.7. The molecule has 176 valence electrons. The summed E-state index contributed by atoms with van der Waals surface area (Å²) in [5.74, 6) is -0.658. The standard InChI is InChI=1S/C25H24BrN3O5/c1-15(30)20(13-16-4-10-19(31)11-5-16)27-23(32)22-3-2-12-29(22)14-21-25(33)34-24(28-21)17-6-8-18(26)9-7-17/h4-11,14,20,22,31H,2-3,12-13H2,1H3,(H,27,32)/t20-,22-/m0/s1. The quantitative estimate of drug-likeness (QED) is 0.424. The highest BCUT2D eigenvalue weighted by Crippen LogP contribution is 2.23. The number of halogens is 1. The first kappa shape index (κ1) is 23.7. The van der Waals surface area contributed by atoms with E-state index in [1.807, 2.05) is 12.1 Å². The van der Waals surface area contributed by atoms with Gasteiger partial charge >= 0.3 is 5.97 Å². The molecule has 2 heterocycles. The van der Waals surface area contributed by atoms with E-state index in [0.717, 1.165) is 16.5 Å². The molecule has 8 nitrogen and oxygen atoms in total. The molecule has 0 aromatic heterocycles. The third-order valence-electron chi connectivity index (χ3n) is 5.78. The number of aliphatic imine (C=N–C) groups is 1. The molecule has 2 aromatic rings. The number of cyclic esters (lactones) is 1. The fourth-order valence-corrected chi connectivity index (χ4v) is 4.19. The molecule has 1 amide bonds. The minimum atomic E-state index is -0.689. The van der Waals surface area contributed by atoms with Crippen LogP contribution >= 0.6 is 15.9 Å². The largest absolute Gasteiger partial charge is 0.508 e. The summed E-state index contributed by atoms with van der Waals surface area (Å²) in [6, 6.07) is 12.6. The van der Waals surface area contributed by atoms with Crippen molar-refractivity contribution in [3.63, 3.8) is 0 Å². The number of nitrogens with one attached hydrogen (secondary N) is 1. The zero-order valence-corrected chi connectivity index (χ0v) is 20.1. The van der Waals surface area contributed by atoms with Gasteiger partial charge in [0.2, 0.25) is 11.8 Å². The Morgan fingerprint density at radius 1 is 1.24 bits per heavy atom. The highest BCUT2D eigenvalue weighted by atomic mass is 79.9. The zero-order valence-electron chi connectivity index (χ0n) is 18.5. The van der Waals surface area contributed by atoms with Gasteiger partial charge in [0, 0.05) is 22.8 Å². The monoisotopic (exact) mass is 525 g/mol. The number of hydrogen-bond donors (Lipinski definition) is 2. The van der Waals surface area contributed by atoms with Crippen molar-refractivity contribution in [2.45, 2.75) is 38.3 Å². The molecule has 0 bridgehead atoms. The minimum absolute atomic E-state index is 0.129. The molecule has 0 radical (unpaired) electrons. The van der Waals surface area contributed by atoms with Gasteiger partial charge in [-0.15, -0.1) is 0 Å². The van der Waals surface area contributed by atoms with E-state index in [4.69, 9.17) is 4.74 Å². The molecule has 2 aromatic carbocycles. The van der Waals surface area contributed by atoms with Gasteiger partial charge in [0.15, 0.2) is 11.5 Å². The molecular formula is C25H24BrN3O5. The van der Waals surface area contributed by atoms with Crippen LogP contribution < -0.4 is 5.32 Å². The van der Waals surface area contributed by atoms with Gasteiger partial charge in [-0.25, -0.2) is 9.79 Å². The van der Waals surface area contributed by atoms with Crippen LogP contribution in [0.5, 0.6) is 5.75 Å². The van der Waals surface area contributed by atoms with Gasteiger partial charge in [0.05, 0.1) is 6.04 Å². The average molecular weight is 526 g/mol. The molecule has 0 aliphatic carbocycles. The molecule has 4 rings (SSSR count). The lowest BCUT2D eigenvalue weighted by atomic mass is 10.0. The second kappa shape index (κ2) is 10.2.